The van der Waals surface area contributed by atoms with Gasteiger partial charge >= 0.3 is 0 Å². The lowest BCUT2D eigenvalue weighted by molar-refractivity contribution is -0.121. The molecule has 1 aromatic rings. The van der Waals surface area contributed by atoms with E-state index < -0.39 is 5.92 Å². The number of rotatable bonds is 1. The second-order valence-electron chi connectivity index (χ2n) is 3.67. The van der Waals surface area contributed by atoms with E-state index >= 15 is 0 Å². The van der Waals surface area contributed by atoms with Crippen LogP contribution < -0.4 is 4.90 Å². The summed E-state index contributed by atoms with van der Waals surface area (Å²) in [5.74, 6) is -0.963. The van der Waals surface area contributed by atoms with Gasteiger partial charge in [0, 0.05) is 12.4 Å². The number of nitrogens with zero attached hydrogens (tertiary/aromatic N) is 2. The number of aliphatic imine (C=N–C) groups is 1. The van der Waals surface area contributed by atoms with Gasteiger partial charge in [0.05, 0.1) is 11.3 Å². The first-order valence-electron chi connectivity index (χ1n) is 4.96. The Morgan fingerprint density at radius 3 is 2.56 bits per heavy atom. The van der Waals surface area contributed by atoms with Gasteiger partial charge in [0.25, 0.3) is 5.91 Å². The molecule has 1 saturated heterocycles. The zero-order chi connectivity index (χ0) is 11.1. The Morgan fingerprint density at radius 2 is 1.88 bits per heavy atom. The molecule has 2 amide bonds. The van der Waals surface area contributed by atoms with E-state index in [4.69, 9.17) is 0 Å². The molecule has 0 unspecified atom stereocenters. The Kier molecular flexibility index (Phi) is 1.77. The topological polar surface area (TPSA) is 49.7 Å². The van der Waals surface area contributed by atoms with Crippen LogP contribution in [-0.4, -0.2) is 18.0 Å². The molecule has 0 aromatic heterocycles. The molecule has 2 aliphatic rings. The predicted molar refractivity (Wildman–Crippen MR) is 59.0 cm³/mol. The van der Waals surface area contributed by atoms with Crippen molar-refractivity contribution in [1.29, 1.82) is 0 Å². The summed E-state index contributed by atoms with van der Waals surface area (Å²) in [7, 11) is 0. The summed E-state index contributed by atoms with van der Waals surface area (Å²) in [4.78, 5) is 29.0. The van der Waals surface area contributed by atoms with Crippen molar-refractivity contribution in [3.8, 4) is 0 Å². The largest absolute Gasteiger partial charge is 0.273 e. The van der Waals surface area contributed by atoms with Crippen molar-refractivity contribution in [2.75, 3.05) is 4.90 Å². The first-order valence-corrected chi connectivity index (χ1v) is 4.96. The van der Waals surface area contributed by atoms with Crippen molar-refractivity contribution in [2.45, 2.75) is 0 Å². The van der Waals surface area contributed by atoms with E-state index in [1.165, 1.54) is 17.3 Å². The third-order valence-electron chi connectivity index (χ3n) is 2.73. The average molecular weight is 212 g/mol. The number of amides is 2. The number of carbonyl (C=O) groups is 2. The fraction of sp³-hybridized carbons (Fsp3) is 0.0833. The zero-order valence-corrected chi connectivity index (χ0v) is 8.33. The van der Waals surface area contributed by atoms with Crippen LogP contribution in [0, 0.1) is 5.92 Å². The van der Waals surface area contributed by atoms with Crippen molar-refractivity contribution in [3.05, 3.63) is 42.1 Å². The van der Waals surface area contributed by atoms with Gasteiger partial charge in [-0.25, -0.2) is 4.90 Å². The predicted octanol–water partition coefficient (Wildman–Crippen LogP) is 1.14. The SMILES string of the molecule is O=C1C2=CN=C[C@@H]2C(=O)N1c1ccccc1. The van der Waals surface area contributed by atoms with Gasteiger partial charge in [-0.1, -0.05) is 18.2 Å². The van der Waals surface area contributed by atoms with Crippen LogP contribution in [0.4, 0.5) is 5.69 Å². The van der Waals surface area contributed by atoms with Crippen molar-refractivity contribution in [3.63, 3.8) is 0 Å². The van der Waals surface area contributed by atoms with E-state index in [0.29, 0.717) is 11.3 Å². The van der Waals surface area contributed by atoms with E-state index in [-0.39, 0.29) is 11.8 Å². The van der Waals surface area contributed by atoms with E-state index in [0.717, 1.165) is 0 Å². The van der Waals surface area contributed by atoms with Gasteiger partial charge < -0.3 is 0 Å². The lowest BCUT2D eigenvalue weighted by Crippen LogP contribution is -2.30. The quantitative estimate of drug-likeness (QED) is 0.655. The fourth-order valence-electron chi connectivity index (χ4n) is 1.94. The smallest absolute Gasteiger partial charge is 0.263 e. The van der Waals surface area contributed by atoms with Crippen LogP contribution in [0.1, 0.15) is 0 Å². The molecule has 1 aromatic carbocycles. The van der Waals surface area contributed by atoms with Gasteiger partial charge in [0.2, 0.25) is 5.91 Å². The molecule has 0 aliphatic carbocycles. The lowest BCUT2D eigenvalue weighted by atomic mass is 10.1. The molecule has 0 spiro atoms. The number of para-hydroxylation sites is 1. The number of fused-ring (bicyclic) bond motifs is 1. The van der Waals surface area contributed by atoms with Crippen LogP contribution in [-0.2, 0) is 9.59 Å². The molecule has 78 valence electrons. The van der Waals surface area contributed by atoms with Crippen molar-refractivity contribution in [2.24, 2.45) is 10.9 Å². The molecular weight excluding hydrogens is 204 g/mol. The second-order valence-corrected chi connectivity index (χ2v) is 3.67. The number of hydrogen-bond acceptors (Lipinski definition) is 3. The molecule has 0 N–H and O–H groups in total. The minimum Gasteiger partial charge on any atom is -0.273 e. The highest BCUT2D eigenvalue weighted by atomic mass is 16.2. The number of hydrogen-bond donors (Lipinski definition) is 0. The molecule has 3 rings (SSSR count). The molecule has 2 heterocycles. The summed E-state index contributed by atoms with van der Waals surface area (Å²) in [6.45, 7) is 0. The maximum absolute atomic E-state index is 12.0. The fourth-order valence-corrected chi connectivity index (χ4v) is 1.94. The summed E-state index contributed by atoms with van der Waals surface area (Å²) in [5, 5.41) is 0. The zero-order valence-electron chi connectivity index (χ0n) is 8.33. The maximum Gasteiger partial charge on any atom is 0.263 e. The molecule has 4 nitrogen and oxygen atoms in total. The van der Waals surface area contributed by atoms with Crippen LogP contribution in [0.15, 0.2) is 47.1 Å². The van der Waals surface area contributed by atoms with Crippen LogP contribution >= 0.6 is 0 Å². The normalized spacial score (nSPS) is 22.6. The maximum atomic E-state index is 12.0. The third-order valence-corrected chi connectivity index (χ3v) is 2.73. The third kappa shape index (κ3) is 1.07. The minimum absolute atomic E-state index is 0.219. The van der Waals surface area contributed by atoms with E-state index in [2.05, 4.69) is 4.99 Å². The number of anilines is 1. The van der Waals surface area contributed by atoms with Crippen molar-refractivity contribution >= 4 is 23.7 Å². The molecule has 1 fully saturated rings. The van der Waals surface area contributed by atoms with E-state index in [9.17, 15) is 9.59 Å². The van der Waals surface area contributed by atoms with Crippen LogP contribution in [0.2, 0.25) is 0 Å². The van der Waals surface area contributed by atoms with Crippen LogP contribution in [0.25, 0.3) is 0 Å². The van der Waals surface area contributed by atoms with E-state index in [1.807, 2.05) is 6.07 Å². The molecule has 4 heteroatoms. The standard InChI is InChI=1S/C12H8N2O2/c15-11-9-6-13-7-10(9)12(16)14(11)8-4-2-1-3-5-8/h1-7,9H/t9-/m0/s1. The highest BCUT2D eigenvalue weighted by molar-refractivity contribution is 6.33. The van der Waals surface area contributed by atoms with Gasteiger partial charge in [-0.05, 0) is 12.1 Å². The van der Waals surface area contributed by atoms with Gasteiger partial charge in [-0.3, -0.25) is 14.6 Å². The molecule has 0 saturated carbocycles. The molecule has 1 atom stereocenters. The Morgan fingerprint density at radius 1 is 1.12 bits per heavy atom. The second kappa shape index (κ2) is 3.13. The Balaban J connectivity index is 2.06. The van der Waals surface area contributed by atoms with E-state index in [1.54, 1.807) is 24.3 Å². The van der Waals surface area contributed by atoms with Crippen molar-refractivity contribution in [1.82, 2.24) is 0 Å². The van der Waals surface area contributed by atoms with Crippen molar-refractivity contribution < 1.29 is 9.59 Å². The Bertz CT molecular complexity index is 531. The summed E-state index contributed by atoms with van der Waals surface area (Å²) in [5.41, 5.74) is 1.08. The average Bonchev–Trinajstić information content (AvgIpc) is 2.86. The van der Waals surface area contributed by atoms with Gasteiger partial charge in [-0.2, -0.15) is 0 Å². The molecule has 16 heavy (non-hydrogen) atoms. The Hall–Kier alpha value is -2.23. The first-order chi connectivity index (χ1) is 7.79. The lowest BCUT2D eigenvalue weighted by Gasteiger charge is -2.13. The molecule has 0 radical (unpaired) electrons. The summed E-state index contributed by atoms with van der Waals surface area (Å²) in [6, 6.07) is 8.93. The first kappa shape index (κ1) is 9.03. The molecular formula is C12H8N2O2. The monoisotopic (exact) mass is 212 g/mol. The van der Waals surface area contributed by atoms with Crippen LogP contribution in [0.5, 0.6) is 0 Å². The summed E-state index contributed by atoms with van der Waals surface area (Å²) in [6.07, 6.45) is 2.98. The number of benzene rings is 1. The van der Waals surface area contributed by atoms with Gasteiger partial charge in [0.15, 0.2) is 0 Å². The Labute approximate surface area is 91.9 Å². The minimum atomic E-state index is -0.479. The van der Waals surface area contributed by atoms with Crippen LogP contribution in [0.3, 0.4) is 0 Å². The number of carbonyl (C=O) groups excluding carboxylic acids is 2. The van der Waals surface area contributed by atoms with Gasteiger partial charge in [0.1, 0.15) is 5.92 Å². The molecule has 2 aliphatic heterocycles. The van der Waals surface area contributed by atoms with Gasteiger partial charge in [-0.15, -0.1) is 0 Å². The highest BCUT2D eigenvalue weighted by Crippen LogP contribution is 2.31. The highest BCUT2D eigenvalue weighted by Gasteiger charge is 2.44. The summed E-state index contributed by atoms with van der Waals surface area (Å²) < 4.78 is 0. The summed E-state index contributed by atoms with van der Waals surface area (Å²) >= 11 is 0. The molecule has 0 bridgehead atoms. The number of imide groups is 1.